The molecule has 5 heteroatoms. The van der Waals surface area contributed by atoms with Crippen molar-refractivity contribution in [2.24, 2.45) is 0 Å². The number of rotatable bonds is 4. The fraction of sp³-hybridized carbons (Fsp3) is 0.200. The van der Waals surface area contributed by atoms with Gasteiger partial charge in [0.05, 0.1) is 11.4 Å². The SMILES string of the molecule is CC(=C/C=C1\NC(=O)C(CC(=O)O)S1)c1ccccc1. The van der Waals surface area contributed by atoms with Crippen LogP contribution in [0.1, 0.15) is 18.9 Å². The maximum absolute atomic E-state index is 11.6. The number of allylic oxidation sites excluding steroid dienone is 3. The van der Waals surface area contributed by atoms with Gasteiger partial charge < -0.3 is 10.4 Å². The predicted molar refractivity (Wildman–Crippen MR) is 80.0 cm³/mol. The van der Waals surface area contributed by atoms with Crippen LogP contribution in [0.3, 0.4) is 0 Å². The van der Waals surface area contributed by atoms with Crippen LogP contribution in [0.15, 0.2) is 47.5 Å². The summed E-state index contributed by atoms with van der Waals surface area (Å²) in [5.74, 6) is -1.20. The third-order valence-electron chi connectivity index (χ3n) is 2.88. The summed E-state index contributed by atoms with van der Waals surface area (Å²) >= 11 is 1.26. The van der Waals surface area contributed by atoms with Crippen molar-refractivity contribution in [2.75, 3.05) is 0 Å². The summed E-state index contributed by atoms with van der Waals surface area (Å²) in [5, 5.41) is 11.6. The van der Waals surface area contributed by atoms with Gasteiger partial charge in [0.2, 0.25) is 5.91 Å². The number of thioether (sulfide) groups is 1. The second-order valence-corrected chi connectivity index (χ2v) is 5.68. The highest BCUT2D eigenvalue weighted by Crippen LogP contribution is 2.29. The van der Waals surface area contributed by atoms with Gasteiger partial charge in [-0.1, -0.05) is 48.2 Å². The standard InChI is InChI=1S/C15H15NO3S/c1-10(11-5-3-2-4-6-11)7-8-13-16-15(19)12(20-13)9-14(17)18/h2-8,12H,9H2,1H3,(H,16,19)(H,17,18)/b10-7?,13-8+. The number of benzene rings is 1. The van der Waals surface area contributed by atoms with E-state index in [1.165, 1.54) is 11.8 Å². The molecule has 104 valence electrons. The first-order valence-corrected chi connectivity index (χ1v) is 7.07. The lowest BCUT2D eigenvalue weighted by Gasteiger charge is -2.00. The van der Waals surface area contributed by atoms with Gasteiger partial charge in [-0.05, 0) is 24.1 Å². The van der Waals surface area contributed by atoms with E-state index in [1.807, 2.05) is 49.4 Å². The molecule has 0 saturated carbocycles. The van der Waals surface area contributed by atoms with E-state index in [4.69, 9.17) is 5.11 Å². The van der Waals surface area contributed by atoms with Gasteiger partial charge in [-0.3, -0.25) is 9.59 Å². The molecule has 1 heterocycles. The highest BCUT2D eigenvalue weighted by Gasteiger charge is 2.30. The van der Waals surface area contributed by atoms with Crippen molar-refractivity contribution in [3.8, 4) is 0 Å². The zero-order chi connectivity index (χ0) is 14.5. The molecule has 2 N–H and O–H groups in total. The molecule has 1 saturated heterocycles. The zero-order valence-electron chi connectivity index (χ0n) is 11.0. The summed E-state index contributed by atoms with van der Waals surface area (Å²) in [4.78, 5) is 22.2. The van der Waals surface area contributed by atoms with Crippen molar-refractivity contribution in [3.05, 3.63) is 53.1 Å². The molecule has 0 radical (unpaired) electrons. The van der Waals surface area contributed by atoms with Crippen LogP contribution in [-0.2, 0) is 9.59 Å². The number of carboxylic acids is 1. The normalized spacial score (nSPS) is 21.1. The number of carbonyl (C=O) groups excluding carboxylic acids is 1. The average molecular weight is 289 g/mol. The Kier molecular flexibility index (Phi) is 4.63. The number of amides is 1. The minimum atomic E-state index is -0.963. The first-order chi connectivity index (χ1) is 9.56. The minimum absolute atomic E-state index is 0.158. The summed E-state index contributed by atoms with van der Waals surface area (Å²) in [6.45, 7) is 1.99. The van der Waals surface area contributed by atoms with E-state index in [0.29, 0.717) is 5.03 Å². The van der Waals surface area contributed by atoms with Crippen molar-refractivity contribution in [3.63, 3.8) is 0 Å². The number of hydrogen-bond donors (Lipinski definition) is 2. The maximum atomic E-state index is 11.6. The smallest absolute Gasteiger partial charge is 0.305 e. The van der Waals surface area contributed by atoms with Crippen LogP contribution in [0.4, 0.5) is 0 Å². The minimum Gasteiger partial charge on any atom is -0.481 e. The molecule has 1 fully saturated rings. The highest BCUT2D eigenvalue weighted by molar-refractivity contribution is 8.04. The van der Waals surface area contributed by atoms with E-state index in [2.05, 4.69) is 5.32 Å². The van der Waals surface area contributed by atoms with Crippen molar-refractivity contribution in [1.82, 2.24) is 5.32 Å². The van der Waals surface area contributed by atoms with Crippen LogP contribution in [0.2, 0.25) is 0 Å². The predicted octanol–water partition coefficient (Wildman–Crippen LogP) is 2.64. The molecule has 4 nitrogen and oxygen atoms in total. The van der Waals surface area contributed by atoms with Gasteiger partial charge in [-0.2, -0.15) is 0 Å². The van der Waals surface area contributed by atoms with Gasteiger partial charge in [-0.15, -0.1) is 0 Å². The van der Waals surface area contributed by atoms with Crippen LogP contribution in [-0.4, -0.2) is 22.2 Å². The fourth-order valence-electron chi connectivity index (χ4n) is 1.81. The van der Waals surface area contributed by atoms with Gasteiger partial charge in [-0.25, -0.2) is 0 Å². The highest BCUT2D eigenvalue weighted by atomic mass is 32.2. The van der Waals surface area contributed by atoms with Gasteiger partial charge in [0.25, 0.3) is 0 Å². The summed E-state index contributed by atoms with van der Waals surface area (Å²) in [6, 6.07) is 9.91. The molecule has 2 rings (SSSR count). The Balaban J connectivity index is 2.06. The second kappa shape index (κ2) is 6.43. The number of carboxylic acid groups (broad SMARTS) is 1. The molecule has 1 unspecified atom stereocenters. The molecule has 1 atom stereocenters. The molecule has 1 amide bonds. The third-order valence-corrected chi connectivity index (χ3v) is 4.04. The lowest BCUT2D eigenvalue weighted by atomic mass is 10.1. The lowest BCUT2D eigenvalue weighted by Crippen LogP contribution is -2.24. The van der Waals surface area contributed by atoms with E-state index in [9.17, 15) is 9.59 Å². The molecular weight excluding hydrogens is 274 g/mol. The lowest BCUT2D eigenvalue weighted by molar-refractivity contribution is -0.138. The largest absolute Gasteiger partial charge is 0.481 e. The van der Waals surface area contributed by atoms with Crippen molar-refractivity contribution in [2.45, 2.75) is 18.6 Å². The van der Waals surface area contributed by atoms with Crippen LogP contribution in [0, 0.1) is 0 Å². The van der Waals surface area contributed by atoms with Crippen LogP contribution < -0.4 is 5.32 Å². The molecule has 1 aliphatic rings. The number of carbonyl (C=O) groups is 2. The molecule has 0 aliphatic carbocycles. The van der Waals surface area contributed by atoms with Crippen LogP contribution in [0.5, 0.6) is 0 Å². The van der Waals surface area contributed by atoms with Gasteiger partial charge >= 0.3 is 5.97 Å². The molecular formula is C15H15NO3S. The molecule has 1 aromatic carbocycles. The number of hydrogen-bond acceptors (Lipinski definition) is 3. The first-order valence-electron chi connectivity index (χ1n) is 6.19. The Hall–Kier alpha value is -2.01. The molecule has 0 spiro atoms. The molecule has 1 aliphatic heterocycles. The van der Waals surface area contributed by atoms with E-state index in [0.717, 1.165) is 11.1 Å². The molecule has 1 aromatic rings. The Morgan fingerprint density at radius 3 is 2.75 bits per heavy atom. The Morgan fingerprint density at radius 2 is 2.10 bits per heavy atom. The summed E-state index contributed by atoms with van der Waals surface area (Å²) in [6.07, 6.45) is 3.57. The number of nitrogens with one attached hydrogen (secondary N) is 1. The average Bonchev–Trinajstić information content (AvgIpc) is 2.77. The summed E-state index contributed by atoms with van der Waals surface area (Å²) < 4.78 is 0. The maximum Gasteiger partial charge on any atom is 0.305 e. The van der Waals surface area contributed by atoms with E-state index in [-0.39, 0.29) is 12.3 Å². The van der Waals surface area contributed by atoms with Gasteiger partial charge in [0, 0.05) is 0 Å². The molecule has 20 heavy (non-hydrogen) atoms. The quantitative estimate of drug-likeness (QED) is 0.894. The Labute approximate surface area is 121 Å². The van der Waals surface area contributed by atoms with Crippen molar-refractivity contribution >= 4 is 29.2 Å². The topological polar surface area (TPSA) is 66.4 Å². The monoisotopic (exact) mass is 289 g/mol. The van der Waals surface area contributed by atoms with Gasteiger partial charge in [0.1, 0.15) is 5.25 Å². The Bertz CT molecular complexity index is 578. The summed E-state index contributed by atoms with van der Waals surface area (Å²) in [5.41, 5.74) is 2.19. The molecule has 0 bridgehead atoms. The Morgan fingerprint density at radius 1 is 1.40 bits per heavy atom. The van der Waals surface area contributed by atoms with Crippen LogP contribution in [0.25, 0.3) is 5.57 Å². The van der Waals surface area contributed by atoms with E-state index in [1.54, 1.807) is 0 Å². The van der Waals surface area contributed by atoms with Crippen LogP contribution >= 0.6 is 11.8 Å². The first kappa shape index (κ1) is 14.4. The summed E-state index contributed by atoms with van der Waals surface area (Å²) in [7, 11) is 0. The zero-order valence-corrected chi connectivity index (χ0v) is 11.8. The van der Waals surface area contributed by atoms with Gasteiger partial charge in [0.15, 0.2) is 0 Å². The molecule has 0 aromatic heterocycles. The van der Waals surface area contributed by atoms with Crippen molar-refractivity contribution in [1.29, 1.82) is 0 Å². The second-order valence-electron chi connectivity index (χ2n) is 4.44. The third kappa shape index (κ3) is 3.74. The number of aliphatic carboxylic acids is 1. The van der Waals surface area contributed by atoms with E-state index < -0.39 is 11.2 Å². The van der Waals surface area contributed by atoms with Crippen molar-refractivity contribution < 1.29 is 14.7 Å². The fourth-order valence-corrected chi connectivity index (χ4v) is 2.81. The van der Waals surface area contributed by atoms with E-state index >= 15 is 0 Å².